The number of benzene rings is 1. The van der Waals surface area contributed by atoms with Crippen molar-refractivity contribution in [1.82, 2.24) is 15.0 Å². The molecular formula is C13H12BrClN5+. The molecule has 3 rings (SSSR count). The number of hydrogen-bond acceptors (Lipinski definition) is 3. The minimum atomic E-state index is 0.222. The van der Waals surface area contributed by atoms with E-state index in [2.05, 4.69) is 53.3 Å². The van der Waals surface area contributed by atoms with E-state index in [0.29, 0.717) is 11.5 Å². The highest BCUT2D eigenvalue weighted by Gasteiger charge is 2.13. The van der Waals surface area contributed by atoms with Gasteiger partial charge in [0.1, 0.15) is 0 Å². The molecule has 2 aromatic heterocycles. The number of H-pyrrole nitrogens is 2. The summed E-state index contributed by atoms with van der Waals surface area (Å²) < 4.78 is 1.08. The second-order valence-corrected chi connectivity index (χ2v) is 5.55. The molecule has 0 saturated heterocycles. The first kappa shape index (κ1) is 13.3. The summed E-state index contributed by atoms with van der Waals surface area (Å²) in [7, 11) is 0. The lowest BCUT2D eigenvalue weighted by atomic mass is 10.1. The zero-order chi connectivity index (χ0) is 13.9. The lowest BCUT2D eigenvalue weighted by Crippen LogP contribution is -2.08. The van der Waals surface area contributed by atoms with E-state index < -0.39 is 0 Å². The maximum absolute atomic E-state index is 5.89. The van der Waals surface area contributed by atoms with Gasteiger partial charge in [-0.2, -0.15) is 4.98 Å². The predicted molar refractivity (Wildman–Crippen MR) is 81.8 cm³/mol. The topological polar surface area (TPSA) is 67.7 Å². The quantitative estimate of drug-likeness (QED) is 0.709. The van der Waals surface area contributed by atoms with Crippen LogP contribution in [0.2, 0.25) is 5.28 Å². The van der Waals surface area contributed by atoms with Gasteiger partial charge in [0.15, 0.2) is 12.1 Å². The van der Waals surface area contributed by atoms with Crippen LogP contribution < -0.4 is 10.3 Å². The van der Waals surface area contributed by atoms with E-state index in [4.69, 9.17) is 11.6 Å². The Kier molecular flexibility index (Phi) is 3.84. The Balaban J connectivity index is 1.70. The molecule has 1 aromatic carbocycles. The molecule has 20 heavy (non-hydrogen) atoms. The van der Waals surface area contributed by atoms with Crippen molar-refractivity contribution in [3.05, 3.63) is 45.9 Å². The first-order valence-electron chi connectivity index (χ1n) is 6.13. The maximum Gasteiger partial charge on any atom is 0.306 e. The molecule has 3 aromatic rings. The third-order valence-electron chi connectivity index (χ3n) is 2.93. The van der Waals surface area contributed by atoms with Gasteiger partial charge in [0.2, 0.25) is 5.52 Å². The summed E-state index contributed by atoms with van der Waals surface area (Å²) >= 11 is 9.32. The second kappa shape index (κ2) is 5.76. The van der Waals surface area contributed by atoms with Crippen molar-refractivity contribution in [2.45, 2.75) is 6.42 Å². The fourth-order valence-electron chi connectivity index (χ4n) is 1.96. The average Bonchev–Trinajstić information content (AvgIpc) is 2.89. The van der Waals surface area contributed by atoms with E-state index in [1.54, 1.807) is 6.33 Å². The number of rotatable bonds is 4. The highest BCUT2D eigenvalue weighted by atomic mass is 79.9. The number of aromatic amines is 2. The number of fused-ring (bicyclic) bond motifs is 1. The molecule has 7 heteroatoms. The van der Waals surface area contributed by atoms with Gasteiger partial charge in [-0.1, -0.05) is 33.0 Å². The zero-order valence-electron chi connectivity index (χ0n) is 10.5. The van der Waals surface area contributed by atoms with Crippen molar-refractivity contribution in [3.8, 4) is 0 Å². The van der Waals surface area contributed by atoms with E-state index in [0.717, 1.165) is 23.0 Å². The van der Waals surface area contributed by atoms with Crippen molar-refractivity contribution >= 4 is 44.5 Å². The summed E-state index contributed by atoms with van der Waals surface area (Å²) in [6.45, 7) is 0.767. The van der Waals surface area contributed by atoms with Gasteiger partial charge in [0.05, 0.1) is 0 Å². The molecule has 102 valence electrons. The molecule has 3 N–H and O–H groups in total. The minimum Gasteiger partial charge on any atom is -0.366 e. The van der Waals surface area contributed by atoms with Crippen LogP contribution in [0.5, 0.6) is 0 Å². The molecule has 5 nitrogen and oxygen atoms in total. The number of imidazole rings is 1. The zero-order valence-corrected chi connectivity index (χ0v) is 12.8. The third kappa shape index (κ3) is 2.91. The number of nitrogens with one attached hydrogen (secondary N) is 3. The summed E-state index contributed by atoms with van der Waals surface area (Å²) in [6, 6.07) is 8.26. The molecule has 0 saturated carbocycles. The Morgan fingerprint density at radius 3 is 2.85 bits per heavy atom. The molecule has 0 unspecified atom stereocenters. The van der Waals surface area contributed by atoms with Crippen LogP contribution in [0.15, 0.2) is 35.1 Å². The third-order valence-corrected chi connectivity index (χ3v) is 3.62. The van der Waals surface area contributed by atoms with Crippen molar-refractivity contribution in [1.29, 1.82) is 0 Å². The Morgan fingerprint density at radius 2 is 2.05 bits per heavy atom. The van der Waals surface area contributed by atoms with Crippen molar-refractivity contribution in [2.75, 3.05) is 11.9 Å². The monoisotopic (exact) mass is 352 g/mol. The van der Waals surface area contributed by atoms with E-state index >= 15 is 0 Å². The van der Waals surface area contributed by atoms with Crippen molar-refractivity contribution in [3.63, 3.8) is 0 Å². The van der Waals surface area contributed by atoms with Crippen molar-refractivity contribution in [2.24, 2.45) is 0 Å². The summed E-state index contributed by atoms with van der Waals surface area (Å²) in [5, 5.41) is 3.50. The van der Waals surface area contributed by atoms with Crippen LogP contribution in [0.3, 0.4) is 0 Å². The molecule has 2 heterocycles. The Morgan fingerprint density at radius 1 is 1.25 bits per heavy atom. The molecule has 0 spiro atoms. The van der Waals surface area contributed by atoms with Gasteiger partial charge >= 0.3 is 10.9 Å². The van der Waals surface area contributed by atoms with Gasteiger partial charge in [0, 0.05) is 11.0 Å². The smallest absolute Gasteiger partial charge is 0.306 e. The highest BCUT2D eigenvalue weighted by Crippen LogP contribution is 2.17. The van der Waals surface area contributed by atoms with E-state index in [9.17, 15) is 0 Å². The Labute approximate surface area is 128 Å². The van der Waals surface area contributed by atoms with Crippen LogP contribution in [-0.2, 0) is 6.42 Å². The summed E-state index contributed by atoms with van der Waals surface area (Å²) in [6.07, 6.45) is 2.61. The predicted octanol–water partition coefficient (Wildman–Crippen LogP) is 2.84. The van der Waals surface area contributed by atoms with E-state index in [1.807, 2.05) is 12.1 Å². The van der Waals surface area contributed by atoms with Gasteiger partial charge < -0.3 is 5.32 Å². The first-order valence-corrected chi connectivity index (χ1v) is 7.30. The van der Waals surface area contributed by atoms with Gasteiger partial charge in [-0.3, -0.25) is 4.98 Å². The van der Waals surface area contributed by atoms with Crippen molar-refractivity contribution < 1.29 is 4.98 Å². The van der Waals surface area contributed by atoms with Gasteiger partial charge in [-0.25, -0.2) is 4.98 Å². The molecule has 0 atom stereocenters. The van der Waals surface area contributed by atoms with Crippen LogP contribution >= 0.6 is 27.5 Å². The molecular weight excluding hydrogens is 342 g/mol. The van der Waals surface area contributed by atoms with Gasteiger partial charge in [-0.05, 0) is 35.7 Å². The Bertz CT molecular complexity index is 725. The second-order valence-electron chi connectivity index (χ2n) is 4.30. The van der Waals surface area contributed by atoms with E-state index in [1.165, 1.54) is 5.56 Å². The first-order chi connectivity index (χ1) is 9.72. The molecule has 0 amide bonds. The average molecular weight is 354 g/mol. The number of nitrogens with zero attached hydrogens (tertiary/aromatic N) is 2. The molecule has 0 aliphatic heterocycles. The number of halogens is 2. The van der Waals surface area contributed by atoms with Gasteiger partial charge in [-0.15, -0.1) is 0 Å². The SMILES string of the molecule is Clc1nc(NCCc2ccc(Br)cc2)c2[nH]c[nH+]c2n1. The van der Waals surface area contributed by atoms with Crippen LogP contribution in [0.4, 0.5) is 5.82 Å². The highest BCUT2D eigenvalue weighted by molar-refractivity contribution is 9.10. The number of aromatic nitrogens is 4. The molecule has 0 aliphatic rings. The lowest BCUT2D eigenvalue weighted by Gasteiger charge is -2.05. The largest absolute Gasteiger partial charge is 0.366 e. The fourth-order valence-corrected chi connectivity index (χ4v) is 2.39. The molecule has 0 radical (unpaired) electrons. The minimum absolute atomic E-state index is 0.222. The van der Waals surface area contributed by atoms with Crippen LogP contribution in [0.1, 0.15) is 5.56 Å². The molecule has 0 aliphatic carbocycles. The van der Waals surface area contributed by atoms with Crippen LogP contribution in [-0.4, -0.2) is 21.5 Å². The summed E-state index contributed by atoms with van der Waals surface area (Å²) in [4.78, 5) is 14.3. The van der Waals surface area contributed by atoms with Gasteiger partial charge in [0.25, 0.3) is 0 Å². The Hall–Kier alpha value is -1.66. The summed E-state index contributed by atoms with van der Waals surface area (Å²) in [5.41, 5.74) is 2.77. The lowest BCUT2D eigenvalue weighted by molar-refractivity contribution is -0.347. The normalized spacial score (nSPS) is 10.9. The number of hydrogen-bond donors (Lipinski definition) is 2. The van der Waals surface area contributed by atoms with Crippen LogP contribution in [0.25, 0.3) is 11.2 Å². The standard InChI is InChI=1S/C13H11BrClN5/c14-9-3-1-8(2-4-9)5-6-16-11-10-12(18-7-17-10)20-13(15)19-11/h1-4,7H,5-6H2,(H2,16,17,18,19,20)/p+1. The number of anilines is 1. The summed E-state index contributed by atoms with van der Waals surface area (Å²) in [5.74, 6) is 0.707. The maximum atomic E-state index is 5.89. The molecule has 0 fully saturated rings. The fraction of sp³-hybridized carbons (Fsp3) is 0.154. The van der Waals surface area contributed by atoms with E-state index in [-0.39, 0.29) is 5.28 Å². The molecule has 0 bridgehead atoms. The van der Waals surface area contributed by atoms with Crippen LogP contribution in [0, 0.1) is 0 Å².